The normalized spacial score (nSPS) is 13.3. The van der Waals surface area contributed by atoms with Crippen molar-refractivity contribution < 1.29 is 9.59 Å². The third-order valence-corrected chi connectivity index (χ3v) is 16.1. The molecule has 0 saturated heterocycles. The van der Waals surface area contributed by atoms with Crippen LogP contribution in [-0.2, 0) is 0 Å². The number of imidazole rings is 1. The van der Waals surface area contributed by atoms with Gasteiger partial charge >= 0.3 is 0 Å². The summed E-state index contributed by atoms with van der Waals surface area (Å²) in [5, 5.41) is 6.64. The predicted octanol–water partition coefficient (Wildman–Crippen LogP) is 12.5. The van der Waals surface area contributed by atoms with E-state index in [2.05, 4.69) is 66.2 Å². The van der Waals surface area contributed by atoms with Gasteiger partial charge in [-0.3, -0.25) is 23.7 Å². The van der Waals surface area contributed by atoms with E-state index in [-0.39, 0.29) is 17.4 Å². The minimum atomic E-state index is -0.287. The van der Waals surface area contributed by atoms with Gasteiger partial charge in [-0.1, -0.05) is 51.2 Å². The summed E-state index contributed by atoms with van der Waals surface area (Å²) in [6, 6.07) is 24.3. The molecule has 53 heavy (non-hydrogen) atoms. The highest BCUT2D eigenvalue weighted by atomic mass is 32.1. The average molecular weight is 786 g/mol. The van der Waals surface area contributed by atoms with Crippen molar-refractivity contribution in [2.45, 2.75) is 45.4 Å². The first-order valence-electron chi connectivity index (χ1n) is 17.9. The van der Waals surface area contributed by atoms with E-state index in [1.54, 1.807) is 73.2 Å². The van der Waals surface area contributed by atoms with Crippen molar-refractivity contribution in [3.8, 4) is 39.0 Å². The SMILES string of the molecule is CCCCCCCCN1C(=O)c2ccc3c(=O)n4c(nc5c(-c6ccc(-c7cccs7)s6)sc(-c6ccc(-c7cccs7)s6)c54)c4ccc(c2c34)C1=O. The van der Waals surface area contributed by atoms with Crippen LogP contribution in [0.2, 0.25) is 0 Å². The second-order valence-corrected chi connectivity index (χ2v) is 18.5. The molecule has 1 aliphatic heterocycles. The van der Waals surface area contributed by atoms with Crippen LogP contribution in [0.4, 0.5) is 0 Å². The lowest BCUT2D eigenvalue weighted by Crippen LogP contribution is -2.41. The second kappa shape index (κ2) is 13.1. The van der Waals surface area contributed by atoms with Crippen molar-refractivity contribution in [2.75, 3.05) is 6.54 Å². The van der Waals surface area contributed by atoms with Crippen LogP contribution in [0, 0.1) is 0 Å². The molecule has 0 aliphatic carbocycles. The maximum absolute atomic E-state index is 14.8. The molecule has 0 radical (unpaired) electrons. The summed E-state index contributed by atoms with van der Waals surface area (Å²) in [6.07, 6.45) is 6.41. The number of rotatable bonds is 11. The number of pyridine rings is 1. The number of fused-ring (bicyclic) bond motifs is 4. The average Bonchev–Trinajstić information content (AvgIpc) is 4.01. The number of thiophene rings is 5. The van der Waals surface area contributed by atoms with Gasteiger partial charge in [0.1, 0.15) is 11.2 Å². The van der Waals surface area contributed by atoms with Crippen molar-refractivity contribution in [3.05, 3.63) is 105 Å². The topological polar surface area (TPSA) is 71.8 Å². The number of hydrogen-bond donors (Lipinski definition) is 0. The summed E-state index contributed by atoms with van der Waals surface area (Å²) in [5.74, 6) is -0.575. The molecular weight excluding hydrogens is 755 g/mol. The molecule has 0 spiro atoms. The Hall–Kier alpha value is -4.52. The molecule has 11 heteroatoms. The summed E-state index contributed by atoms with van der Waals surface area (Å²) < 4.78 is 1.78. The number of imide groups is 1. The monoisotopic (exact) mass is 785 g/mol. The van der Waals surface area contributed by atoms with E-state index in [0.29, 0.717) is 39.5 Å². The van der Waals surface area contributed by atoms with E-state index < -0.39 is 0 Å². The first-order valence-corrected chi connectivity index (χ1v) is 22.1. The number of hydrogen-bond acceptors (Lipinski definition) is 9. The molecule has 8 heterocycles. The van der Waals surface area contributed by atoms with Crippen LogP contribution in [0.5, 0.6) is 0 Å². The fraction of sp³-hybridized carbons (Fsp3) is 0.190. The van der Waals surface area contributed by atoms with Crippen molar-refractivity contribution >= 4 is 107 Å². The third kappa shape index (κ3) is 5.20. The lowest BCUT2D eigenvalue weighted by Gasteiger charge is -2.28. The zero-order valence-corrected chi connectivity index (χ0v) is 32.7. The molecule has 7 aromatic heterocycles. The minimum absolute atomic E-state index is 0.195. The van der Waals surface area contributed by atoms with E-state index in [0.717, 1.165) is 55.2 Å². The molecule has 1 aliphatic rings. The van der Waals surface area contributed by atoms with Gasteiger partial charge in [-0.05, 0) is 77.8 Å². The van der Waals surface area contributed by atoms with Crippen LogP contribution >= 0.6 is 56.7 Å². The van der Waals surface area contributed by atoms with Gasteiger partial charge in [-0.15, -0.1) is 56.7 Å². The Morgan fingerprint density at radius 1 is 0.585 bits per heavy atom. The van der Waals surface area contributed by atoms with Crippen LogP contribution < -0.4 is 5.56 Å². The maximum atomic E-state index is 14.8. The molecule has 0 unspecified atom stereocenters. The quantitative estimate of drug-likeness (QED) is 0.0967. The van der Waals surface area contributed by atoms with Gasteiger partial charge in [0, 0.05) is 68.5 Å². The van der Waals surface area contributed by atoms with E-state index >= 15 is 0 Å². The zero-order chi connectivity index (χ0) is 35.8. The van der Waals surface area contributed by atoms with Crippen LogP contribution in [0.1, 0.15) is 66.2 Å². The van der Waals surface area contributed by atoms with Crippen LogP contribution in [0.3, 0.4) is 0 Å². The molecule has 262 valence electrons. The molecule has 10 rings (SSSR count). The smallest absolute Gasteiger partial charge is 0.264 e. The molecule has 9 aromatic rings. The summed E-state index contributed by atoms with van der Waals surface area (Å²) in [5.41, 5.74) is 2.88. The number of aromatic nitrogens is 2. The Bertz CT molecular complexity index is 2890. The van der Waals surface area contributed by atoms with Crippen LogP contribution in [-0.4, -0.2) is 32.6 Å². The standard InChI is InChI=1S/C42H31N3O3S5/c1-2-3-4-5-6-7-20-44-40(46)24-13-12-23-33-26(15-14-25(34(24)33)41(44)47)42(48)45-36-35(43-39(23)45)37(31-18-16-29(51-31)27-10-8-21-49-27)53-38(36)32-19-17-30(52-32)28-11-9-22-50-28/h8-19,21-22H,2-7,20H2,1H3. The lowest BCUT2D eigenvalue weighted by atomic mass is 9.90. The molecular formula is C42H31N3O3S5. The highest BCUT2D eigenvalue weighted by Gasteiger charge is 2.35. The Morgan fingerprint density at radius 3 is 1.83 bits per heavy atom. The molecule has 0 atom stereocenters. The Balaban J connectivity index is 1.16. The number of nitrogens with zero attached hydrogens (tertiary/aromatic N) is 3. The Morgan fingerprint density at radius 2 is 1.19 bits per heavy atom. The number of amides is 2. The van der Waals surface area contributed by atoms with Gasteiger partial charge in [0.15, 0.2) is 0 Å². The van der Waals surface area contributed by atoms with E-state index in [1.165, 1.54) is 43.7 Å². The van der Waals surface area contributed by atoms with E-state index in [4.69, 9.17) is 4.98 Å². The van der Waals surface area contributed by atoms with Crippen LogP contribution in [0.15, 0.2) is 88.4 Å². The van der Waals surface area contributed by atoms with Gasteiger partial charge in [0.25, 0.3) is 17.4 Å². The first-order chi connectivity index (χ1) is 26.0. The highest BCUT2D eigenvalue weighted by molar-refractivity contribution is 7.30. The number of benzene rings is 2. The lowest BCUT2D eigenvalue weighted by molar-refractivity contribution is 0.0608. The van der Waals surface area contributed by atoms with E-state index in [9.17, 15) is 14.4 Å². The summed E-state index contributed by atoms with van der Waals surface area (Å²) in [6.45, 7) is 2.59. The molecule has 0 bridgehead atoms. The van der Waals surface area contributed by atoms with Gasteiger partial charge in [-0.2, -0.15) is 0 Å². The van der Waals surface area contributed by atoms with Crippen molar-refractivity contribution in [3.63, 3.8) is 0 Å². The maximum Gasteiger partial charge on any atom is 0.264 e. The third-order valence-electron chi connectivity index (χ3n) is 10.2. The molecule has 0 N–H and O–H groups in total. The molecule has 0 fully saturated rings. The highest BCUT2D eigenvalue weighted by Crippen LogP contribution is 2.50. The molecule has 6 nitrogen and oxygen atoms in total. The number of carbonyl (C=O) groups is 2. The number of carbonyl (C=O) groups excluding carboxylic acids is 2. The predicted molar refractivity (Wildman–Crippen MR) is 225 cm³/mol. The van der Waals surface area contributed by atoms with Crippen molar-refractivity contribution in [1.82, 2.24) is 14.3 Å². The zero-order valence-electron chi connectivity index (χ0n) is 28.6. The minimum Gasteiger partial charge on any atom is -0.274 e. The summed E-state index contributed by atoms with van der Waals surface area (Å²) in [7, 11) is 0. The van der Waals surface area contributed by atoms with Crippen LogP contribution in [0.25, 0.3) is 77.2 Å². The molecule has 2 amide bonds. The van der Waals surface area contributed by atoms with E-state index in [1.807, 2.05) is 12.1 Å². The first kappa shape index (κ1) is 33.1. The molecule has 0 saturated carbocycles. The van der Waals surface area contributed by atoms with Gasteiger partial charge in [0.2, 0.25) is 0 Å². The van der Waals surface area contributed by atoms with Gasteiger partial charge in [-0.25, -0.2) is 4.98 Å². The second-order valence-electron chi connectivity index (χ2n) is 13.4. The van der Waals surface area contributed by atoms with Gasteiger partial charge in [0.05, 0.1) is 15.3 Å². The summed E-state index contributed by atoms with van der Waals surface area (Å²) in [4.78, 5) is 58.4. The van der Waals surface area contributed by atoms with Crippen molar-refractivity contribution in [1.29, 1.82) is 0 Å². The Labute approximate surface area is 324 Å². The Kier molecular flexibility index (Phi) is 8.18. The largest absolute Gasteiger partial charge is 0.274 e. The van der Waals surface area contributed by atoms with Gasteiger partial charge < -0.3 is 0 Å². The number of unbranched alkanes of at least 4 members (excludes halogenated alkanes) is 5. The summed E-state index contributed by atoms with van der Waals surface area (Å²) >= 11 is 8.58. The van der Waals surface area contributed by atoms with Crippen molar-refractivity contribution in [2.24, 2.45) is 0 Å². The fourth-order valence-corrected chi connectivity index (χ4v) is 12.8. The fourth-order valence-electron chi connectivity index (χ4n) is 7.69. The molecule has 2 aromatic carbocycles.